The zero-order valence-electron chi connectivity index (χ0n) is 14.4. The molecule has 0 spiro atoms. The van der Waals surface area contributed by atoms with Gasteiger partial charge in [0, 0.05) is 16.1 Å². The summed E-state index contributed by atoms with van der Waals surface area (Å²) in [5.74, 6) is 1.21. The fourth-order valence-electron chi connectivity index (χ4n) is 3.19. The van der Waals surface area contributed by atoms with Crippen LogP contribution in [0.2, 0.25) is 0 Å². The maximum absolute atomic E-state index is 12.6. The molecule has 3 aromatic rings. The number of anilines is 1. The summed E-state index contributed by atoms with van der Waals surface area (Å²) in [4.78, 5) is 19.0. The highest BCUT2D eigenvalue weighted by Gasteiger charge is 2.16. The Hall–Kier alpha value is -2.51. The molecule has 0 unspecified atom stereocenters. The van der Waals surface area contributed by atoms with E-state index in [1.54, 1.807) is 11.3 Å². The zero-order chi connectivity index (χ0) is 17.9. The van der Waals surface area contributed by atoms with Gasteiger partial charge in [0.15, 0.2) is 5.82 Å². The number of hydrogen-bond acceptors (Lipinski definition) is 5. The average molecular weight is 367 g/mol. The molecule has 0 radical (unpaired) electrons. The van der Waals surface area contributed by atoms with Crippen molar-refractivity contribution in [3.8, 4) is 11.4 Å². The lowest BCUT2D eigenvalue weighted by Gasteiger charge is -2.04. The van der Waals surface area contributed by atoms with E-state index in [1.807, 2.05) is 24.3 Å². The van der Waals surface area contributed by atoms with Crippen molar-refractivity contribution in [1.29, 1.82) is 0 Å². The number of aromatic amines is 1. The van der Waals surface area contributed by atoms with Crippen LogP contribution in [0.25, 0.3) is 11.4 Å². The van der Waals surface area contributed by atoms with Gasteiger partial charge in [-0.3, -0.25) is 9.89 Å². The van der Waals surface area contributed by atoms with Crippen molar-refractivity contribution in [2.24, 2.45) is 5.73 Å². The first-order valence-electron chi connectivity index (χ1n) is 8.87. The lowest BCUT2D eigenvalue weighted by molar-refractivity contribution is 0.103. The van der Waals surface area contributed by atoms with E-state index in [2.05, 4.69) is 26.6 Å². The number of nitrogens with one attached hydrogen (secondary N) is 2. The molecule has 0 fully saturated rings. The number of carbonyl (C=O) groups excluding carboxylic acids is 1. The molecular weight excluding hydrogens is 346 g/mol. The molecule has 0 saturated carbocycles. The van der Waals surface area contributed by atoms with Gasteiger partial charge in [-0.15, -0.1) is 11.3 Å². The number of amides is 1. The molecule has 4 N–H and O–H groups in total. The third kappa shape index (κ3) is 3.54. The van der Waals surface area contributed by atoms with Crippen molar-refractivity contribution in [1.82, 2.24) is 15.2 Å². The van der Waals surface area contributed by atoms with Gasteiger partial charge in [0.25, 0.3) is 5.91 Å². The van der Waals surface area contributed by atoms with Crippen molar-refractivity contribution in [2.45, 2.75) is 38.6 Å². The van der Waals surface area contributed by atoms with E-state index in [4.69, 9.17) is 5.73 Å². The highest BCUT2D eigenvalue weighted by molar-refractivity contribution is 7.14. The summed E-state index contributed by atoms with van der Waals surface area (Å²) >= 11 is 1.63. The van der Waals surface area contributed by atoms with E-state index in [1.165, 1.54) is 29.7 Å². The number of hydrogen-bond donors (Lipinski definition) is 3. The standard InChI is InChI=1S/C19H21N5OS/c20-11-17-22-18(24-23-17)12-6-8-14(9-7-12)21-19(25)16-10-13-4-2-1-3-5-15(13)26-16/h6-10H,1-5,11,20H2,(H,21,25)(H,22,23,24). The number of fused-ring (bicyclic) bond motifs is 1. The first-order chi connectivity index (χ1) is 12.7. The number of rotatable bonds is 4. The van der Waals surface area contributed by atoms with Crippen LogP contribution in [0.15, 0.2) is 30.3 Å². The molecule has 0 bridgehead atoms. The number of H-pyrrole nitrogens is 1. The Balaban J connectivity index is 1.46. The second-order valence-corrected chi connectivity index (χ2v) is 7.60. The van der Waals surface area contributed by atoms with Crippen LogP contribution in [0.5, 0.6) is 0 Å². The Morgan fingerprint density at radius 1 is 1.19 bits per heavy atom. The molecule has 0 aliphatic heterocycles. The van der Waals surface area contributed by atoms with E-state index in [0.717, 1.165) is 29.0 Å². The number of carbonyl (C=O) groups is 1. The normalized spacial score (nSPS) is 13.9. The second-order valence-electron chi connectivity index (χ2n) is 6.46. The summed E-state index contributed by atoms with van der Waals surface area (Å²) in [6.07, 6.45) is 5.92. The van der Waals surface area contributed by atoms with Crippen molar-refractivity contribution in [3.05, 3.63) is 51.5 Å². The van der Waals surface area contributed by atoms with Gasteiger partial charge in [-0.25, -0.2) is 4.98 Å². The maximum atomic E-state index is 12.6. The topological polar surface area (TPSA) is 96.7 Å². The van der Waals surface area contributed by atoms with Crippen molar-refractivity contribution in [2.75, 3.05) is 5.32 Å². The number of nitrogens with zero attached hydrogens (tertiary/aromatic N) is 2. The summed E-state index contributed by atoms with van der Waals surface area (Å²) in [5, 5.41) is 9.92. The van der Waals surface area contributed by atoms with Crippen LogP contribution < -0.4 is 11.1 Å². The molecule has 1 aliphatic carbocycles. The maximum Gasteiger partial charge on any atom is 0.265 e. The number of benzene rings is 1. The van der Waals surface area contributed by atoms with Gasteiger partial charge < -0.3 is 11.1 Å². The SMILES string of the molecule is NCc1nc(-c2ccc(NC(=O)c3cc4c(s3)CCCCC4)cc2)n[nH]1. The van der Waals surface area contributed by atoms with Crippen LogP contribution in [-0.4, -0.2) is 21.1 Å². The predicted octanol–water partition coefficient (Wildman–Crippen LogP) is 3.51. The molecule has 7 heteroatoms. The Labute approximate surface area is 155 Å². The van der Waals surface area contributed by atoms with Gasteiger partial charge in [0.1, 0.15) is 5.82 Å². The van der Waals surface area contributed by atoms with Gasteiger partial charge in [-0.1, -0.05) is 6.42 Å². The lowest BCUT2D eigenvalue weighted by atomic mass is 10.1. The van der Waals surface area contributed by atoms with Crippen molar-refractivity contribution >= 4 is 22.9 Å². The number of thiophene rings is 1. The lowest BCUT2D eigenvalue weighted by Crippen LogP contribution is -2.10. The molecule has 4 rings (SSSR count). The van der Waals surface area contributed by atoms with Crippen LogP contribution in [0, 0.1) is 0 Å². The van der Waals surface area contributed by atoms with E-state index in [9.17, 15) is 4.79 Å². The summed E-state index contributed by atoms with van der Waals surface area (Å²) < 4.78 is 0. The van der Waals surface area contributed by atoms with Gasteiger partial charge in [0.05, 0.1) is 11.4 Å². The van der Waals surface area contributed by atoms with E-state index in [-0.39, 0.29) is 5.91 Å². The second kappa shape index (κ2) is 7.39. The van der Waals surface area contributed by atoms with Gasteiger partial charge in [0.2, 0.25) is 0 Å². The molecule has 1 aliphatic rings. The molecule has 2 heterocycles. The first-order valence-corrected chi connectivity index (χ1v) is 9.69. The monoisotopic (exact) mass is 367 g/mol. The average Bonchev–Trinajstić information content (AvgIpc) is 3.25. The minimum absolute atomic E-state index is 0.0425. The van der Waals surface area contributed by atoms with Crippen LogP contribution in [-0.2, 0) is 19.4 Å². The quantitative estimate of drug-likeness (QED) is 0.615. The Bertz CT molecular complexity index is 889. The molecule has 0 saturated heterocycles. The van der Waals surface area contributed by atoms with Crippen molar-refractivity contribution < 1.29 is 4.79 Å². The first kappa shape index (κ1) is 16.9. The summed E-state index contributed by atoms with van der Waals surface area (Å²) in [5.41, 5.74) is 8.53. The summed E-state index contributed by atoms with van der Waals surface area (Å²) in [6, 6.07) is 9.58. The predicted molar refractivity (Wildman–Crippen MR) is 103 cm³/mol. The Kier molecular flexibility index (Phi) is 4.81. The highest BCUT2D eigenvalue weighted by atomic mass is 32.1. The Morgan fingerprint density at radius 3 is 2.77 bits per heavy atom. The number of aryl methyl sites for hydroxylation is 2. The van der Waals surface area contributed by atoms with Crippen LogP contribution in [0.1, 0.15) is 45.2 Å². The van der Waals surface area contributed by atoms with Gasteiger partial charge in [-0.05, 0) is 61.6 Å². The van der Waals surface area contributed by atoms with E-state index in [0.29, 0.717) is 18.2 Å². The van der Waals surface area contributed by atoms with E-state index >= 15 is 0 Å². The molecule has 134 valence electrons. The molecule has 1 amide bonds. The van der Waals surface area contributed by atoms with Crippen LogP contribution in [0.4, 0.5) is 5.69 Å². The van der Waals surface area contributed by atoms with Crippen molar-refractivity contribution in [3.63, 3.8) is 0 Å². The third-order valence-corrected chi connectivity index (χ3v) is 5.83. The molecule has 0 atom stereocenters. The fourth-order valence-corrected chi connectivity index (χ4v) is 4.34. The summed E-state index contributed by atoms with van der Waals surface area (Å²) in [6.45, 7) is 0.325. The molecule has 26 heavy (non-hydrogen) atoms. The fraction of sp³-hybridized carbons (Fsp3) is 0.316. The smallest absolute Gasteiger partial charge is 0.265 e. The van der Waals surface area contributed by atoms with Gasteiger partial charge >= 0.3 is 0 Å². The molecule has 6 nitrogen and oxygen atoms in total. The molecule has 2 aromatic heterocycles. The molecular formula is C19H21N5OS. The zero-order valence-corrected chi connectivity index (χ0v) is 15.2. The van der Waals surface area contributed by atoms with Crippen LogP contribution >= 0.6 is 11.3 Å². The third-order valence-electron chi connectivity index (χ3n) is 4.60. The van der Waals surface area contributed by atoms with Gasteiger partial charge in [-0.2, -0.15) is 5.10 Å². The van der Waals surface area contributed by atoms with E-state index < -0.39 is 0 Å². The number of aromatic nitrogens is 3. The van der Waals surface area contributed by atoms with Crippen LogP contribution in [0.3, 0.4) is 0 Å². The summed E-state index contributed by atoms with van der Waals surface area (Å²) in [7, 11) is 0. The molecule has 1 aromatic carbocycles. The minimum Gasteiger partial charge on any atom is -0.324 e. The largest absolute Gasteiger partial charge is 0.324 e. The highest BCUT2D eigenvalue weighted by Crippen LogP contribution is 2.29. The number of nitrogens with two attached hydrogens (primary N) is 1. The minimum atomic E-state index is -0.0425. The Morgan fingerprint density at radius 2 is 2.00 bits per heavy atom.